The quantitative estimate of drug-likeness (QED) is 0.828. The number of anilines is 1. The van der Waals surface area contributed by atoms with E-state index in [9.17, 15) is 4.79 Å². The fraction of sp³-hybridized carbons (Fsp3) is 0.455. The summed E-state index contributed by atoms with van der Waals surface area (Å²) < 4.78 is 0. The molecule has 0 bridgehead atoms. The summed E-state index contributed by atoms with van der Waals surface area (Å²) in [6.45, 7) is 0. The fourth-order valence-electron chi connectivity index (χ4n) is 1.65. The highest BCUT2D eigenvalue weighted by Crippen LogP contribution is 2.26. The van der Waals surface area contributed by atoms with Gasteiger partial charge < -0.3 is 5.32 Å². The number of halogens is 1. The Balaban J connectivity index is 1.96. The van der Waals surface area contributed by atoms with Crippen molar-refractivity contribution in [1.29, 1.82) is 0 Å². The molecule has 2 rings (SSSR count). The van der Waals surface area contributed by atoms with Crippen LogP contribution in [-0.2, 0) is 4.79 Å². The molecule has 1 aliphatic rings. The highest BCUT2D eigenvalue weighted by molar-refractivity contribution is 8.00. The minimum absolute atomic E-state index is 0.0759. The van der Waals surface area contributed by atoms with E-state index in [4.69, 9.17) is 11.6 Å². The van der Waals surface area contributed by atoms with Gasteiger partial charge in [-0.25, -0.2) is 4.98 Å². The average Bonchev–Trinajstić information content (AvgIpc) is 2.30. The molecule has 5 heteroatoms. The number of amides is 1. The lowest BCUT2D eigenvalue weighted by molar-refractivity contribution is -0.115. The minimum Gasteiger partial charge on any atom is -0.325 e. The molecule has 0 aliphatic carbocycles. The number of nitrogens with one attached hydrogen (secondary N) is 1. The Morgan fingerprint density at radius 3 is 3.12 bits per heavy atom. The van der Waals surface area contributed by atoms with Gasteiger partial charge in [0.15, 0.2) is 0 Å². The van der Waals surface area contributed by atoms with Crippen molar-refractivity contribution >= 4 is 35.0 Å². The molecule has 86 valence electrons. The van der Waals surface area contributed by atoms with Gasteiger partial charge >= 0.3 is 0 Å². The summed E-state index contributed by atoms with van der Waals surface area (Å²) >= 11 is 7.48. The van der Waals surface area contributed by atoms with Gasteiger partial charge in [0.25, 0.3) is 0 Å². The highest BCUT2D eigenvalue weighted by atomic mass is 35.5. The number of carbonyl (C=O) groups excluding carboxylic acids is 1. The zero-order valence-electron chi connectivity index (χ0n) is 8.78. The van der Waals surface area contributed by atoms with Crippen LogP contribution in [0.25, 0.3) is 0 Å². The summed E-state index contributed by atoms with van der Waals surface area (Å²) in [4.78, 5) is 15.8. The summed E-state index contributed by atoms with van der Waals surface area (Å²) in [5, 5.41) is 3.35. The van der Waals surface area contributed by atoms with Crippen LogP contribution in [0, 0.1) is 0 Å². The van der Waals surface area contributed by atoms with Crippen LogP contribution in [0.15, 0.2) is 18.3 Å². The van der Waals surface area contributed by atoms with Crippen LogP contribution < -0.4 is 5.32 Å². The van der Waals surface area contributed by atoms with Crippen molar-refractivity contribution in [2.45, 2.75) is 24.5 Å². The van der Waals surface area contributed by atoms with E-state index in [1.807, 2.05) is 0 Å². The molecule has 0 saturated carbocycles. The van der Waals surface area contributed by atoms with Gasteiger partial charge in [-0.2, -0.15) is 0 Å². The molecule has 1 N–H and O–H groups in total. The lowest BCUT2D eigenvalue weighted by Crippen LogP contribution is -2.27. The maximum absolute atomic E-state index is 11.9. The van der Waals surface area contributed by atoms with E-state index >= 15 is 0 Å². The first-order valence-corrected chi connectivity index (χ1v) is 6.72. The highest BCUT2D eigenvalue weighted by Gasteiger charge is 2.21. The van der Waals surface area contributed by atoms with Crippen molar-refractivity contribution < 1.29 is 4.79 Å². The van der Waals surface area contributed by atoms with E-state index < -0.39 is 0 Å². The van der Waals surface area contributed by atoms with Crippen molar-refractivity contribution in [2.24, 2.45) is 0 Å². The molecule has 1 saturated heterocycles. The number of aromatic nitrogens is 1. The first kappa shape index (κ1) is 11.7. The molecule has 1 aromatic heterocycles. The summed E-state index contributed by atoms with van der Waals surface area (Å²) in [7, 11) is 0. The predicted molar refractivity (Wildman–Crippen MR) is 68.0 cm³/mol. The number of pyridine rings is 1. The number of hydrogen-bond acceptors (Lipinski definition) is 3. The number of hydrogen-bond donors (Lipinski definition) is 1. The van der Waals surface area contributed by atoms with Crippen molar-refractivity contribution in [3.05, 3.63) is 23.5 Å². The van der Waals surface area contributed by atoms with Crippen LogP contribution in [0.2, 0.25) is 5.15 Å². The molecular formula is C11H13ClN2OS. The van der Waals surface area contributed by atoms with Crippen LogP contribution in [-0.4, -0.2) is 21.9 Å². The van der Waals surface area contributed by atoms with Crippen molar-refractivity contribution in [3.63, 3.8) is 0 Å². The Labute approximate surface area is 104 Å². The molecule has 1 fully saturated rings. The lowest BCUT2D eigenvalue weighted by atomic mass is 10.2. The van der Waals surface area contributed by atoms with Crippen molar-refractivity contribution in [3.8, 4) is 0 Å². The SMILES string of the molecule is O=C(Nc1ccnc(Cl)c1)C1CCCCS1. The second-order valence-corrected chi connectivity index (χ2v) is 5.41. The van der Waals surface area contributed by atoms with Crippen LogP contribution in [0.1, 0.15) is 19.3 Å². The molecular weight excluding hydrogens is 244 g/mol. The van der Waals surface area contributed by atoms with E-state index in [0.29, 0.717) is 5.15 Å². The monoisotopic (exact) mass is 256 g/mol. The summed E-state index contributed by atoms with van der Waals surface area (Å²) in [5.41, 5.74) is 0.719. The molecule has 0 radical (unpaired) electrons. The van der Waals surface area contributed by atoms with Crippen LogP contribution >= 0.6 is 23.4 Å². The molecule has 2 heterocycles. The van der Waals surface area contributed by atoms with Crippen LogP contribution in [0.4, 0.5) is 5.69 Å². The Morgan fingerprint density at radius 1 is 1.56 bits per heavy atom. The molecule has 1 unspecified atom stereocenters. The Hall–Kier alpha value is -0.740. The van der Waals surface area contributed by atoms with E-state index in [1.54, 1.807) is 30.1 Å². The normalized spacial score (nSPS) is 20.4. The number of thioether (sulfide) groups is 1. The molecule has 1 aliphatic heterocycles. The lowest BCUT2D eigenvalue weighted by Gasteiger charge is -2.20. The van der Waals surface area contributed by atoms with E-state index in [2.05, 4.69) is 10.3 Å². The summed E-state index contributed by atoms with van der Waals surface area (Å²) in [6.07, 6.45) is 4.92. The molecule has 0 spiro atoms. The molecule has 16 heavy (non-hydrogen) atoms. The number of carbonyl (C=O) groups is 1. The van der Waals surface area contributed by atoms with Crippen molar-refractivity contribution in [2.75, 3.05) is 11.1 Å². The molecule has 1 amide bonds. The Kier molecular flexibility index (Phi) is 4.07. The van der Waals surface area contributed by atoms with E-state index in [1.165, 1.54) is 6.42 Å². The molecule has 1 atom stereocenters. The first-order chi connectivity index (χ1) is 7.75. The van der Waals surface area contributed by atoms with Gasteiger partial charge in [-0.3, -0.25) is 4.79 Å². The largest absolute Gasteiger partial charge is 0.325 e. The zero-order chi connectivity index (χ0) is 11.4. The second kappa shape index (κ2) is 5.55. The second-order valence-electron chi connectivity index (χ2n) is 3.71. The Bertz CT molecular complexity index is 380. The van der Waals surface area contributed by atoms with Crippen LogP contribution in [0.5, 0.6) is 0 Å². The molecule has 3 nitrogen and oxygen atoms in total. The first-order valence-electron chi connectivity index (χ1n) is 5.30. The average molecular weight is 257 g/mol. The van der Waals surface area contributed by atoms with Gasteiger partial charge in [0, 0.05) is 11.9 Å². The number of nitrogens with zero attached hydrogens (tertiary/aromatic N) is 1. The Morgan fingerprint density at radius 2 is 2.44 bits per heavy atom. The topological polar surface area (TPSA) is 42.0 Å². The van der Waals surface area contributed by atoms with Gasteiger partial charge in [0.05, 0.1) is 5.25 Å². The number of rotatable bonds is 2. The maximum Gasteiger partial charge on any atom is 0.237 e. The van der Waals surface area contributed by atoms with Gasteiger partial charge in [-0.05, 0) is 30.7 Å². The minimum atomic E-state index is 0.0759. The van der Waals surface area contributed by atoms with Crippen molar-refractivity contribution in [1.82, 2.24) is 4.98 Å². The van der Waals surface area contributed by atoms with E-state index in [0.717, 1.165) is 24.3 Å². The summed E-state index contributed by atoms with van der Waals surface area (Å²) in [5.74, 6) is 1.15. The van der Waals surface area contributed by atoms with Crippen LogP contribution in [0.3, 0.4) is 0 Å². The fourth-order valence-corrected chi connectivity index (χ4v) is 3.02. The summed E-state index contributed by atoms with van der Waals surface area (Å²) in [6, 6.07) is 3.41. The molecule has 0 aromatic carbocycles. The van der Waals surface area contributed by atoms with Gasteiger partial charge in [0.1, 0.15) is 5.15 Å². The maximum atomic E-state index is 11.9. The third-order valence-electron chi connectivity index (χ3n) is 2.47. The predicted octanol–water partition coefficient (Wildman–Crippen LogP) is 2.96. The third kappa shape index (κ3) is 3.12. The smallest absolute Gasteiger partial charge is 0.237 e. The van der Waals surface area contributed by atoms with Gasteiger partial charge in [-0.1, -0.05) is 18.0 Å². The zero-order valence-corrected chi connectivity index (χ0v) is 10.4. The van der Waals surface area contributed by atoms with Gasteiger partial charge in [0.2, 0.25) is 5.91 Å². The standard InChI is InChI=1S/C11H13ClN2OS/c12-10-7-8(4-5-13-10)14-11(15)9-3-1-2-6-16-9/h4-5,7,9H,1-3,6H2,(H,13,14,15). The van der Waals surface area contributed by atoms with E-state index in [-0.39, 0.29) is 11.2 Å². The van der Waals surface area contributed by atoms with Gasteiger partial charge in [-0.15, -0.1) is 11.8 Å². The molecule has 1 aromatic rings. The third-order valence-corrected chi connectivity index (χ3v) is 4.05.